The number of rotatable bonds is 4. The van der Waals surface area contributed by atoms with Crippen LogP contribution in [0.2, 0.25) is 0 Å². The van der Waals surface area contributed by atoms with Crippen LogP contribution in [-0.4, -0.2) is 40.4 Å². The third-order valence-electron chi connectivity index (χ3n) is 6.53. The van der Waals surface area contributed by atoms with Crippen molar-refractivity contribution in [2.45, 2.75) is 31.7 Å². The fraction of sp³-hybridized carbons (Fsp3) is 0.320. The molecular weight excluding hydrogens is 372 g/mol. The fourth-order valence-corrected chi connectivity index (χ4v) is 4.93. The van der Waals surface area contributed by atoms with E-state index in [-0.39, 0.29) is 11.3 Å². The van der Waals surface area contributed by atoms with Gasteiger partial charge in [-0.05, 0) is 48.2 Å². The van der Waals surface area contributed by atoms with Crippen molar-refractivity contribution in [1.29, 1.82) is 0 Å². The van der Waals surface area contributed by atoms with Crippen molar-refractivity contribution in [3.05, 3.63) is 89.5 Å². The summed E-state index contributed by atoms with van der Waals surface area (Å²) in [6.07, 6.45) is 7.04. The molecule has 4 heterocycles. The quantitative estimate of drug-likeness (QED) is 0.675. The molecule has 5 nitrogen and oxygen atoms in total. The second kappa shape index (κ2) is 7.56. The zero-order chi connectivity index (χ0) is 20.6. The first-order chi connectivity index (χ1) is 14.6. The highest BCUT2D eigenvalue weighted by Crippen LogP contribution is 2.45. The standard InChI is InChI=1S/C25H26N4O/c1-19-6-2-3-8-21(19)14-23(30)28-13-10-25(17-28)18-29(16-20-7-4-11-26-15-20)22-9-5-12-27-24(22)25/h2-9,11-12,15H,10,13-14,16-18H2,1H3/t25-/m1/s1. The van der Waals surface area contributed by atoms with Gasteiger partial charge < -0.3 is 9.80 Å². The van der Waals surface area contributed by atoms with Gasteiger partial charge in [-0.15, -0.1) is 0 Å². The van der Waals surface area contributed by atoms with Crippen LogP contribution >= 0.6 is 0 Å². The van der Waals surface area contributed by atoms with Gasteiger partial charge in [-0.3, -0.25) is 14.8 Å². The van der Waals surface area contributed by atoms with Crippen LogP contribution in [0.4, 0.5) is 5.69 Å². The van der Waals surface area contributed by atoms with Crippen molar-refractivity contribution in [2.24, 2.45) is 0 Å². The molecule has 152 valence electrons. The van der Waals surface area contributed by atoms with E-state index >= 15 is 0 Å². The number of amides is 1. The van der Waals surface area contributed by atoms with Crippen LogP contribution < -0.4 is 4.90 Å². The van der Waals surface area contributed by atoms with E-state index in [0.29, 0.717) is 6.42 Å². The summed E-state index contributed by atoms with van der Waals surface area (Å²) in [5, 5.41) is 0. The van der Waals surface area contributed by atoms with Crippen molar-refractivity contribution in [1.82, 2.24) is 14.9 Å². The van der Waals surface area contributed by atoms with Crippen LogP contribution in [0, 0.1) is 6.92 Å². The summed E-state index contributed by atoms with van der Waals surface area (Å²) < 4.78 is 0. The average Bonchev–Trinajstić information content (AvgIpc) is 3.33. The molecule has 0 aliphatic carbocycles. The molecular formula is C25H26N4O. The molecule has 0 saturated carbocycles. The molecule has 1 fully saturated rings. The Kier molecular flexibility index (Phi) is 4.74. The number of likely N-dealkylation sites (tertiary alicyclic amines) is 1. The molecule has 2 aromatic heterocycles. The lowest BCUT2D eigenvalue weighted by Gasteiger charge is -2.26. The normalized spacial score (nSPS) is 20.0. The van der Waals surface area contributed by atoms with Crippen LogP contribution in [0.3, 0.4) is 0 Å². The molecule has 0 unspecified atom stereocenters. The van der Waals surface area contributed by atoms with Crippen molar-refractivity contribution in [3.63, 3.8) is 0 Å². The Morgan fingerprint density at radius 1 is 1.07 bits per heavy atom. The summed E-state index contributed by atoms with van der Waals surface area (Å²) in [4.78, 5) is 26.6. The summed E-state index contributed by atoms with van der Waals surface area (Å²) >= 11 is 0. The van der Waals surface area contributed by atoms with E-state index in [1.54, 1.807) is 6.20 Å². The van der Waals surface area contributed by atoms with Crippen molar-refractivity contribution in [2.75, 3.05) is 24.5 Å². The molecule has 1 atom stereocenters. The van der Waals surface area contributed by atoms with Gasteiger partial charge in [0, 0.05) is 44.8 Å². The van der Waals surface area contributed by atoms with Gasteiger partial charge in [-0.25, -0.2) is 0 Å². The number of pyridine rings is 2. The minimum absolute atomic E-state index is 0.0831. The lowest BCUT2D eigenvalue weighted by Crippen LogP contribution is -2.39. The predicted octanol–water partition coefficient (Wildman–Crippen LogP) is 3.52. The van der Waals surface area contributed by atoms with E-state index in [4.69, 9.17) is 4.98 Å². The molecule has 1 amide bonds. The van der Waals surface area contributed by atoms with Crippen molar-refractivity contribution in [3.8, 4) is 0 Å². The lowest BCUT2D eigenvalue weighted by molar-refractivity contribution is -0.129. The molecule has 1 aromatic carbocycles. The Morgan fingerprint density at radius 2 is 1.93 bits per heavy atom. The first-order valence-electron chi connectivity index (χ1n) is 10.6. The topological polar surface area (TPSA) is 49.3 Å². The number of hydrogen-bond donors (Lipinski definition) is 0. The number of fused-ring (bicyclic) bond motifs is 2. The van der Waals surface area contributed by atoms with Crippen LogP contribution in [0.15, 0.2) is 67.1 Å². The highest BCUT2D eigenvalue weighted by molar-refractivity contribution is 5.80. The van der Waals surface area contributed by atoms with Crippen LogP contribution in [0.5, 0.6) is 0 Å². The SMILES string of the molecule is Cc1ccccc1CC(=O)N1CC[C@@]2(C1)CN(Cc1cccnc1)c1cccnc12. The summed E-state index contributed by atoms with van der Waals surface area (Å²) in [7, 11) is 0. The van der Waals surface area contributed by atoms with Gasteiger partial charge in [0.1, 0.15) is 0 Å². The van der Waals surface area contributed by atoms with E-state index < -0.39 is 0 Å². The lowest BCUT2D eigenvalue weighted by atomic mass is 9.85. The van der Waals surface area contributed by atoms with Gasteiger partial charge in [0.15, 0.2) is 0 Å². The molecule has 1 spiro atoms. The van der Waals surface area contributed by atoms with Crippen molar-refractivity contribution >= 4 is 11.6 Å². The van der Waals surface area contributed by atoms with E-state index in [2.05, 4.69) is 41.1 Å². The first kappa shape index (κ1) is 18.8. The number of anilines is 1. The maximum absolute atomic E-state index is 13.1. The van der Waals surface area contributed by atoms with E-state index in [9.17, 15) is 4.79 Å². The number of benzene rings is 1. The molecule has 2 aliphatic heterocycles. The largest absolute Gasteiger partial charge is 0.365 e. The van der Waals surface area contributed by atoms with Gasteiger partial charge in [0.2, 0.25) is 5.91 Å². The van der Waals surface area contributed by atoms with Crippen molar-refractivity contribution < 1.29 is 4.79 Å². The molecule has 1 saturated heterocycles. The Labute approximate surface area is 177 Å². The molecule has 2 aliphatic rings. The Bertz CT molecular complexity index is 1070. The number of carbonyl (C=O) groups excluding carboxylic acids is 1. The van der Waals surface area contributed by atoms with Crippen LogP contribution in [-0.2, 0) is 23.2 Å². The second-order valence-electron chi connectivity index (χ2n) is 8.54. The monoisotopic (exact) mass is 398 g/mol. The van der Waals surface area contributed by atoms with E-state index in [1.807, 2.05) is 41.6 Å². The average molecular weight is 399 g/mol. The van der Waals surface area contributed by atoms with Crippen LogP contribution in [0.25, 0.3) is 0 Å². The summed E-state index contributed by atoms with van der Waals surface area (Å²) in [5.74, 6) is 0.212. The smallest absolute Gasteiger partial charge is 0.227 e. The number of nitrogens with zero attached hydrogens (tertiary/aromatic N) is 4. The zero-order valence-electron chi connectivity index (χ0n) is 17.3. The number of aryl methyl sites for hydroxylation is 1. The second-order valence-corrected chi connectivity index (χ2v) is 8.54. The maximum atomic E-state index is 13.1. The zero-order valence-corrected chi connectivity index (χ0v) is 17.3. The minimum atomic E-state index is -0.0831. The summed E-state index contributed by atoms with van der Waals surface area (Å²) in [5.41, 5.74) is 5.73. The molecule has 30 heavy (non-hydrogen) atoms. The van der Waals surface area contributed by atoms with Crippen LogP contribution in [0.1, 0.15) is 28.8 Å². The van der Waals surface area contributed by atoms with E-state index in [1.165, 1.54) is 16.8 Å². The third-order valence-corrected chi connectivity index (χ3v) is 6.53. The van der Waals surface area contributed by atoms with Gasteiger partial charge in [-0.2, -0.15) is 0 Å². The van der Waals surface area contributed by atoms with Gasteiger partial charge in [-0.1, -0.05) is 30.3 Å². The van der Waals surface area contributed by atoms with Gasteiger partial charge in [0.05, 0.1) is 23.2 Å². The molecule has 0 N–H and O–H groups in total. The number of carbonyl (C=O) groups is 1. The minimum Gasteiger partial charge on any atom is -0.365 e. The fourth-order valence-electron chi connectivity index (χ4n) is 4.93. The molecule has 5 heteroatoms. The van der Waals surface area contributed by atoms with Gasteiger partial charge in [0.25, 0.3) is 0 Å². The molecule has 3 aromatic rings. The summed E-state index contributed by atoms with van der Waals surface area (Å²) in [6.45, 7) is 5.31. The Balaban J connectivity index is 1.36. The molecule has 0 radical (unpaired) electrons. The molecule has 0 bridgehead atoms. The number of hydrogen-bond acceptors (Lipinski definition) is 4. The highest BCUT2D eigenvalue weighted by atomic mass is 16.2. The Morgan fingerprint density at radius 3 is 2.77 bits per heavy atom. The highest BCUT2D eigenvalue weighted by Gasteiger charge is 2.49. The van der Waals surface area contributed by atoms with E-state index in [0.717, 1.165) is 43.9 Å². The molecule has 5 rings (SSSR count). The maximum Gasteiger partial charge on any atom is 0.227 e. The third kappa shape index (κ3) is 3.34. The predicted molar refractivity (Wildman–Crippen MR) is 117 cm³/mol. The summed E-state index contributed by atoms with van der Waals surface area (Å²) in [6, 6.07) is 16.4. The Hall–Kier alpha value is -3.21. The number of aromatic nitrogens is 2. The van der Waals surface area contributed by atoms with Gasteiger partial charge >= 0.3 is 0 Å². The first-order valence-corrected chi connectivity index (χ1v) is 10.6.